The number of aromatic nitrogens is 3. The van der Waals surface area contributed by atoms with Crippen molar-refractivity contribution < 1.29 is 0 Å². The summed E-state index contributed by atoms with van der Waals surface area (Å²) in [5.74, 6) is 0. The Morgan fingerprint density at radius 1 is 0.742 bits per heavy atom. The van der Waals surface area contributed by atoms with Gasteiger partial charge in [-0.15, -0.1) is 0 Å². The summed E-state index contributed by atoms with van der Waals surface area (Å²) < 4.78 is 1.97. The van der Waals surface area contributed by atoms with Crippen molar-refractivity contribution in [1.82, 2.24) is 15.2 Å². The molecule has 0 amide bonds. The molecule has 0 radical (unpaired) electrons. The molecule has 0 unspecified atom stereocenters. The first-order chi connectivity index (χ1) is 15.2. The number of nitrogens with one attached hydrogen (secondary N) is 1. The quantitative estimate of drug-likeness (QED) is 0.265. The van der Waals surface area contributed by atoms with E-state index in [2.05, 4.69) is 48.1 Å². The van der Waals surface area contributed by atoms with E-state index in [1.165, 1.54) is 0 Å². The van der Waals surface area contributed by atoms with Crippen molar-refractivity contribution in [1.29, 1.82) is 5.26 Å². The molecule has 5 aromatic rings. The maximum absolute atomic E-state index is 10.2. The van der Waals surface area contributed by atoms with Crippen molar-refractivity contribution in [2.75, 3.05) is 0 Å². The first-order valence-corrected chi connectivity index (χ1v) is 11.1. The summed E-state index contributed by atoms with van der Waals surface area (Å²) in [7, 11) is 0. The Labute approximate surface area is 195 Å². The second kappa shape index (κ2) is 8.10. The Balaban J connectivity index is 1.88. The van der Waals surface area contributed by atoms with E-state index in [0.717, 1.165) is 42.3 Å². The van der Waals surface area contributed by atoms with Gasteiger partial charge in [-0.2, -0.15) is 10.4 Å². The minimum absolute atomic E-state index is 0.529. The standard InChI is InChI=1S/C25H14Br2N4/c26-18-10-6-16(7-11-18)23-20(14-28)21(15-4-2-1-3-5-15)22-24(30-31-25(22)29-23)17-8-12-19(27)13-9-17/h1-13H,(H,29,30,31). The van der Waals surface area contributed by atoms with Crippen molar-refractivity contribution >= 4 is 42.9 Å². The van der Waals surface area contributed by atoms with Crippen LogP contribution in [-0.4, -0.2) is 15.2 Å². The average Bonchev–Trinajstić information content (AvgIpc) is 3.23. The number of hydrogen-bond donors (Lipinski definition) is 1. The fraction of sp³-hybridized carbons (Fsp3) is 0. The van der Waals surface area contributed by atoms with E-state index < -0.39 is 0 Å². The number of benzene rings is 3. The molecule has 5 rings (SSSR count). The molecule has 0 saturated carbocycles. The van der Waals surface area contributed by atoms with E-state index in [1.54, 1.807) is 0 Å². The molecule has 0 bridgehead atoms. The molecule has 31 heavy (non-hydrogen) atoms. The topological polar surface area (TPSA) is 65.4 Å². The lowest BCUT2D eigenvalue weighted by Gasteiger charge is -2.12. The van der Waals surface area contributed by atoms with Crippen LogP contribution in [0.4, 0.5) is 0 Å². The molecule has 0 aliphatic rings. The van der Waals surface area contributed by atoms with Crippen LogP contribution in [0.3, 0.4) is 0 Å². The number of nitriles is 1. The molecule has 0 atom stereocenters. The van der Waals surface area contributed by atoms with Crippen LogP contribution in [0.15, 0.2) is 87.8 Å². The summed E-state index contributed by atoms with van der Waals surface area (Å²) in [5.41, 5.74) is 6.19. The molecule has 148 valence electrons. The maximum Gasteiger partial charge on any atom is 0.182 e. The van der Waals surface area contributed by atoms with E-state index in [1.807, 2.05) is 78.9 Å². The van der Waals surface area contributed by atoms with Crippen molar-refractivity contribution in [2.45, 2.75) is 0 Å². The number of hydrogen-bond acceptors (Lipinski definition) is 3. The SMILES string of the molecule is N#Cc1c(-c2ccc(Br)cc2)nc2n[nH]c(-c3ccc(Br)cc3)c2c1-c1ccccc1. The predicted octanol–water partition coefficient (Wildman–Crippen LogP) is 7.36. The average molecular weight is 530 g/mol. The molecule has 0 aliphatic carbocycles. The van der Waals surface area contributed by atoms with Gasteiger partial charge in [0.15, 0.2) is 5.65 Å². The summed E-state index contributed by atoms with van der Waals surface area (Å²) in [6.45, 7) is 0. The molecular weight excluding hydrogens is 516 g/mol. The van der Waals surface area contributed by atoms with E-state index in [-0.39, 0.29) is 0 Å². The van der Waals surface area contributed by atoms with Gasteiger partial charge in [0, 0.05) is 25.6 Å². The lowest BCUT2D eigenvalue weighted by Crippen LogP contribution is -1.96. The van der Waals surface area contributed by atoms with Crippen LogP contribution in [0.2, 0.25) is 0 Å². The minimum Gasteiger partial charge on any atom is -0.275 e. The second-order valence-electron chi connectivity index (χ2n) is 7.00. The van der Waals surface area contributed by atoms with Gasteiger partial charge in [0.25, 0.3) is 0 Å². The van der Waals surface area contributed by atoms with Gasteiger partial charge in [-0.05, 0) is 29.8 Å². The van der Waals surface area contributed by atoms with Crippen LogP contribution in [-0.2, 0) is 0 Å². The zero-order valence-corrected chi connectivity index (χ0v) is 19.3. The molecule has 1 N–H and O–H groups in total. The van der Waals surface area contributed by atoms with Crippen LogP contribution >= 0.6 is 31.9 Å². The highest BCUT2D eigenvalue weighted by atomic mass is 79.9. The van der Waals surface area contributed by atoms with Crippen LogP contribution < -0.4 is 0 Å². The number of nitrogens with zero attached hydrogens (tertiary/aromatic N) is 3. The number of H-pyrrole nitrogens is 1. The molecule has 0 spiro atoms. The summed E-state index contributed by atoms with van der Waals surface area (Å²) >= 11 is 6.96. The van der Waals surface area contributed by atoms with Gasteiger partial charge in [0.1, 0.15) is 6.07 Å². The van der Waals surface area contributed by atoms with Crippen LogP contribution in [0.1, 0.15) is 5.56 Å². The first kappa shape index (κ1) is 19.7. The van der Waals surface area contributed by atoms with Crippen molar-refractivity contribution in [3.63, 3.8) is 0 Å². The monoisotopic (exact) mass is 528 g/mol. The number of pyridine rings is 1. The Morgan fingerprint density at radius 3 is 1.97 bits per heavy atom. The van der Waals surface area contributed by atoms with Crippen molar-refractivity contribution in [3.05, 3.63) is 93.4 Å². The van der Waals surface area contributed by atoms with Crippen LogP contribution in [0.25, 0.3) is 44.7 Å². The third kappa shape index (κ3) is 3.56. The van der Waals surface area contributed by atoms with Gasteiger partial charge in [-0.3, -0.25) is 5.10 Å². The number of aromatic amines is 1. The lowest BCUT2D eigenvalue weighted by atomic mass is 9.92. The van der Waals surface area contributed by atoms with Gasteiger partial charge in [-0.25, -0.2) is 4.98 Å². The molecule has 4 nitrogen and oxygen atoms in total. The zero-order valence-electron chi connectivity index (χ0n) is 16.1. The molecule has 0 saturated heterocycles. The minimum atomic E-state index is 0.529. The normalized spacial score (nSPS) is 10.9. The molecule has 6 heteroatoms. The number of halogens is 2. The summed E-state index contributed by atoms with van der Waals surface area (Å²) in [6.07, 6.45) is 0. The van der Waals surface area contributed by atoms with Gasteiger partial charge in [0.05, 0.1) is 22.3 Å². The molecule has 0 fully saturated rings. The van der Waals surface area contributed by atoms with E-state index in [4.69, 9.17) is 4.98 Å². The molecular formula is C25H14Br2N4. The fourth-order valence-corrected chi connectivity index (χ4v) is 4.23. The number of rotatable bonds is 3. The Morgan fingerprint density at radius 2 is 1.35 bits per heavy atom. The van der Waals surface area contributed by atoms with Crippen molar-refractivity contribution in [2.24, 2.45) is 0 Å². The predicted molar refractivity (Wildman–Crippen MR) is 130 cm³/mol. The Bertz CT molecular complexity index is 1430. The highest BCUT2D eigenvalue weighted by Gasteiger charge is 2.22. The largest absolute Gasteiger partial charge is 0.275 e. The van der Waals surface area contributed by atoms with E-state index in [9.17, 15) is 5.26 Å². The molecule has 2 aromatic heterocycles. The smallest absolute Gasteiger partial charge is 0.182 e. The summed E-state index contributed by atoms with van der Waals surface area (Å²) in [6, 6.07) is 28.2. The Kier molecular flexibility index (Phi) is 5.14. The number of fused-ring (bicyclic) bond motifs is 1. The highest BCUT2D eigenvalue weighted by molar-refractivity contribution is 9.10. The molecule has 3 aromatic carbocycles. The summed E-state index contributed by atoms with van der Waals surface area (Å²) in [5, 5.41) is 18.7. The van der Waals surface area contributed by atoms with Gasteiger partial charge >= 0.3 is 0 Å². The van der Waals surface area contributed by atoms with Gasteiger partial charge in [-0.1, -0.05) is 86.5 Å². The third-order valence-electron chi connectivity index (χ3n) is 5.13. The van der Waals surface area contributed by atoms with Gasteiger partial charge in [0.2, 0.25) is 0 Å². The zero-order chi connectivity index (χ0) is 21.4. The van der Waals surface area contributed by atoms with E-state index >= 15 is 0 Å². The highest BCUT2D eigenvalue weighted by Crippen LogP contribution is 2.40. The van der Waals surface area contributed by atoms with E-state index in [0.29, 0.717) is 16.9 Å². The second-order valence-corrected chi connectivity index (χ2v) is 8.83. The van der Waals surface area contributed by atoms with Crippen LogP contribution in [0, 0.1) is 11.3 Å². The maximum atomic E-state index is 10.2. The Hall–Kier alpha value is -3.27. The fourth-order valence-electron chi connectivity index (χ4n) is 3.70. The van der Waals surface area contributed by atoms with Crippen molar-refractivity contribution in [3.8, 4) is 39.7 Å². The molecule has 0 aliphatic heterocycles. The van der Waals surface area contributed by atoms with Crippen LogP contribution in [0.5, 0.6) is 0 Å². The van der Waals surface area contributed by atoms with Gasteiger partial charge < -0.3 is 0 Å². The lowest BCUT2D eigenvalue weighted by molar-refractivity contribution is 1.10. The third-order valence-corrected chi connectivity index (χ3v) is 6.18. The first-order valence-electron chi connectivity index (χ1n) is 9.55. The molecule has 2 heterocycles. The summed E-state index contributed by atoms with van der Waals surface area (Å²) in [4.78, 5) is 4.81.